The molecule has 5 nitrogen and oxygen atoms in total. The molecule has 0 N–H and O–H groups in total. The van der Waals surface area contributed by atoms with Crippen molar-refractivity contribution in [3.63, 3.8) is 0 Å². The first kappa shape index (κ1) is 19.1. The zero-order valence-corrected chi connectivity index (χ0v) is 17.5. The minimum atomic E-state index is -0.360. The van der Waals surface area contributed by atoms with E-state index in [1.54, 1.807) is 36.5 Å². The van der Waals surface area contributed by atoms with Crippen LogP contribution in [0.5, 0.6) is 0 Å². The van der Waals surface area contributed by atoms with Crippen LogP contribution in [0.4, 0.5) is 5.69 Å². The molecule has 0 spiro atoms. The van der Waals surface area contributed by atoms with Gasteiger partial charge in [0, 0.05) is 22.7 Å². The molecule has 6 heteroatoms. The van der Waals surface area contributed by atoms with Gasteiger partial charge in [0.05, 0.1) is 22.6 Å². The van der Waals surface area contributed by atoms with E-state index in [1.165, 1.54) is 16.2 Å². The summed E-state index contributed by atoms with van der Waals surface area (Å²) in [5, 5.41) is 2.66. The molecule has 0 fully saturated rings. The monoisotopic (exact) mass is 423 g/mol. The average molecular weight is 423 g/mol. The molecular formula is C25H17N3O2S. The molecule has 0 atom stereocenters. The predicted octanol–water partition coefficient (Wildman–Crippen LogP) is 5.24. The van der Waals surface area contributed by atoms with Gasteiger partial charge in [0.15, 0.2) is 0 Å². The fraction of sp³-hybridized carbons (Fsp3) is 0.0400. The zero-order chi connectivity index (χ0) is 21.4. The van der Waals surface area contributed by atoms with Crippen molar-refractivity contribution in [3.8, 4) is 10.7 Å². The number of aromatic nitrogens is 2. The number of fused-ring (bicyclic) bond motifs is 1. The third-order valence-electron chi connectivity index (χ3n) is 5.04. The lowest BCUT2D eigenvalue weighted by Crippen LogP contribution is -2.41. The highest BCUT2D eigenvalue weighted by Crippen LogP contribution is 2.34. The Balaban J connectivity index is 1.62. The van der Waals surface area contributed by atoms with E-state index in [0.717, 1.165) is 16.3 Å². The Morgan fingerprint density at radius 2 is 1.71 bits per heavy atom. The number of carbonyl (C=O) groups is 2. The minimum absolute atomic E-state index is 0.323. The number of thiazole rings is 1. The highest BCUT2D eigenvalue weighted by Gasteiger charge is 2.35. The van der Waals surface area contributed by atoms with E-state index >= 15 is 0 Å². The zero-order valence-electron chi connectivity index (χ0n) is 16.6. The molecule has 5 rings (SSSR count). The minimum Gasteiger partial charge on any atom is -0.268 e. The SMILES string of the molecule is Cc1cccc(N2C(=O)C(=Cc3csc(-c4ccccn4)n3)c3ccccc3C2=O)c1. The maximum atomic E-state index is 13.5. The van der Waals surface area contributed by atoms with Crippen LogP contribution in [0.15, 0.2) is 78.3 Å². The predicted molar refractivity (Wildman–Crippen MR) is 123 cm³/mol. The van der Waals surface area contributed by atoms with Gasteiger partial charge in [-0.3, -0.25) is 14.6 Å². The maximum Gasteiger partial charge on any atom is 0.266 e. The van der Waals surface area contributed by atoms with Gasteiger partial charge in [-0.1, -0.05) is 36.4 Å². The first-order chi connectivity index (χ1) is 15.1. The summed E-state index contributed by atoms with van der Waals surface area (Å²) in [5.74, 6) is -0.683. The number of aryl methyl sites for hydroxylation is 1. The van der Waals surface area contributed by atoms with Crippen LogP contribution in [0.3, 0.4) is 0 Å². The smallest absolute Gasteiger partial charge is 0.266 e. The van der Waals surface area contributed by atoms with Crippen molar-refractivity contribution in [1.29, 1.82) is 0 Å². The highest BCUT2D eigenvalue weighted by molar-refractivity contribution is 7.13. The van der Waals surface area contributed by atoms with Crippen LogP contribution in [0.1, 0.15) is 27.2 Å². The van der Waals surface area contributed by atoms with Crippen molar-refractivity contribution in [2.45, 2.75) is 6.92 Å². The summed E-state index contributed by atoms with van der Waals surface area (Å²) in [4.78, 5) is 36.9. The van der Waals surface area contributed by atoms with Crippen LogP contribution in [-0.4, -0.2) is 21.8 Å². The normalized spacial score (nSPS) is 14.7. The molecule has 2 aromatic carbocycles. The Morgan fingerprint density at radius 3 is 2.48 bits per heavy atom. The number of benzene rings is 2. The topological polar surface area (TPSA) is 63.2 Å². The van der Waals surface area contributed by atoms with Crippen molar-refractivity contribution in [3.05, 3.63) is 101 Å². The van der Waals surface area contributed by atoms with E-state index in [1.807, 2.05) is 54.8 Å². The van der Waals surface area contributed by atoms with Gasteiger partial charge in [-0.2, -0.15) is 0 Å². The van der Waals surface area contributed by atoms with E-state index in [2.05, 4.69) is 9.97 Å². The quantitative estimate of drug-likeness (QED) is 0.334. The molecule has 0 saturated carbocycles. The van der Waals surface area contributed by atoms with E-state index in [4.69, 9.17) is 0 Å². The lowest BCUT2D eigenvalue weighted by atomic mass is 9.92. The molecular weight excluding hydrogens is 406 g/mol. The number of rotatable bonds is 3. The van der Waals surface area contributed by atoms with Gasteiger partial charge in [-0.05, 0) is 48.9 Å². The Morgan fingerprint density at radius 1 is 0.903 bits per heavy atom. The third-order valence-corrected chi connectivity index (χ3v) is 5.93. The van der Waals surface area contributed by atoms with Crippen molar-refractivity contribution in [2.24, 2.45) is 0 Å². The molecule has 0 radical (unpaired) electrons. The summed E-state index contributed by atoms with van der Waals surface area (Å²) >= 11 is 1.46. The Labute approximate surface area is 183 Å². The van der Waals surface area contributed by atoms with Gasteiger partial charge in [0.2, 0.25) is 0 Å². The lowest BCUT2D eigenvalue weighted by molar-refractivity contribution is -0.112. The van der Waals surface area contributed by atoms with Crippen molar-refractivity contribution in [1.82, 2.24) is 9.97 Å². The number of anilines is 1. The fourth-order valence-corrected chi connectivity index (χ4v) is 4.35. The first-order valence-corrected chi connectivity index (χ1v) is 10.6. The Hall–Kier alpha value is -3.90. The first-order valence-electron chi connectivity index (χ1n) is 9.75. The van der Waals surface area contributed by atoms with Crippen LogP contribution in [-0.2, 0) is 4.79 Å². The van der Waals surface area contributed by atoms with Crippen LogP contribution in [0, 0.1) is 6.92 Å². The number of nitrogens with zero attached hydrogens (tertiary/aromatic N) is 3. The van der Waals surface area contributed by atoms with Gasteiger partial charge in [0.1, 0.15) is 5.01 Å². The largest absolute Gasteiger partial charge is 0.268 e. The molecule has 2 aromatic heterocycles. The average Bonchev–Trinajstić information content (AvgIpc) is 3.26. The molecule has 2 amide bonds. The number of carbonyl (C=O) groups excluding carboxylic acids is 2. The summed E-state index contributed by atoms with van der Waals surface area (Å²) < 4.78 is 0. The van der Waals surface area contributed by atoms with Crippen molar-refractivity contribution < 1.29 is 9.59 Å². The molecule has 0 saturated heterocycles. The standard InChI is InChI=1S/C25H17N3O2S/c1-16-7-6-8-18(13-16)28-24(29)20-10-3-2-9-19(20)21(25(28)30)14-17-15-31-23(27-17)22-11-4-5-12-26-22/h2-15H,1H3. The number of pyridine rings is 1. The van der Waals surface area contributed by atoms with Gasteiger partial charge in [-0.15, -0.1) is 11.3 Å². The summed E-state index contributed by atoms with van der Waals surface area (Å²) in [7, 11) is 0. The summed E-state index contributed by atoms with van der Waals surface area (Å²) in [5.41, 5.74) is 4.52. The van der Waals surface area contributed by atoms with Gasteiger partial charge >= 0.3 is 0 Å². The molecule has 31 heavy (non-hydrogen) atoms. The number of amides is 2. The van der Waals surface area contributed by atoms with Crippen LogP contribution < -0.4 is 4.90 Å². The number of hydrogen-bond acceptors (Lipinski definition) is 5. The van der Waals surface area contributed by atoms with Crippen LogP contribution in [0.25, 0.3) is 22.4 Å². The van der Waals surface area contributed by atoms with Gasteiger partial charge in [-0.25, -0.2) is 9.88 Å². The molecule has 150 valence electrons. The second kappa shape index (κ2) is 7.74. The van der Waals surface area contributed by atoms with Gasteiger partial charge < -0.3 is 0 Å². The fourth-order valence-electron chi connectivity index (χ4n) is 3.60. The number of hydrogen-bond donors (Lipinski definition) is 0. The molecule has 1 aliphatic rings. The summed E-state index contributed by atoms with van der Waals surface area (Å²) in [6.07, 6.45) is 3.47. The van der Waals surface area contributed by atoms with Crippen LogP contribution in [0.2, 0.25) is 0 Å². The molecule has 0 aliphatic carbocycles. The van der Waals surface area contributed by atoms with E-state index < -0.39 is 0 Å². The van der Waals surface area contributed by atoms with Gasteiger partial charge in [0.25, 0.3) is 11.8 Å². The number of imide groups is 1. The van der Waals surface area contributed by atoms with E-state index in [-0.39, 0.29) is 11.8 Å². The Kier molecular flexibility index (Phi) is 4.76. The van der Waals surface area contributed by atoms with E-state index in [0.29, 0.717) is 28.1 Å². The van der Waals surface area contributed by atoms with Crippen LogP contribution >= 0.6 is 11.3 Å². The maximum absolute atomic E-state index is 13.5. The van der Waals surface area contributed by atoms with E-state index in [9.17, 15) is 9.59 Å². The second-order valence-electron chi connectivity index (χ2n) is 7.18. The Bertz CT molecular complexity index is 1340. The molecule has 4 aromatic rings. The summed E-state index contributed by atoms with van der Waals surface area (Å²) in [6, 6.07) is 20.2. The third kappa shape index (κ3) is 3.47. The molecule has 0 bridgehead atoms. The summed E-state index contributed by atoms with van der Waals surface area (Å²) in [6.45, 7) is 1.93. The highest BCUT2D eigenvalue weighted by atomic mass is 32.1. The lowest BCUT2D eigenvalue weighted by Gasteiger charge is -2.28. The molecule has 1 aliphatic heterocycles. The molecule has 0 unspecified atom stereocenters. The molecule has 3 heterocycles. The second-order valence-corrected chi connectivity index (χ2v) is 8.04. The van der Waals surface area contributed by atoms with Crippen molar-refractivity contribution in [2.75, 3.05) is 4.90 Å². The van der Waals surface area contributed by atoms with Crippen molar-refractivity contribution >= 4 is 40.5 Å².